The molecule has 0 bridgehead atoms. The first kappa shape index (κ1) is 10.7. The number of benzene rings is 1. The number of Topliss-reactive ketones (excluding diaryl/α,β-unsaturated/α-hetero) is 2. The van der Waals surface area contributed by atoms with Crippen LogP contribution in [0.2, 0.25) is 0 Å². The molecule has 1 aromatic rings. The van der Waals surface area contributed by atoms with Gasteiger partial charge in [0.15, 0.2) is 0 Å². The second-order valence-corrected chi connectivity index (χ2v) is 4.10. The predicted octanol–water partition coefficient (Wildman–Crippen LogP) is 1.19. The number of carbonyl (C=O) groups is 2. The zero-order valence-electron chi connectivity index (χ0n) is 8.64. The van der Waals surface area contributed by atoms with Gasteiger partial charge in [0.05, 0.1) is 6.42 Å². The van der Waals surface area contributed by atoms with Crippen LogP contribution in [0.4, 0.5) is 0 Å². The lowest BCUT2D eigenvalue weighted by atomic mass is 9.96. The van der Waals surface area contributed by atoms with Crippen molar-refractivity contribution in [2.45, 2.75) is 19.3 Å². The summed E-state index contributed by atoms with van der Waals surface area (Å²) >= 11 is 0. The lowest BCUT2D eigenvalue weighted by Crippen LogP contribution is -2.09. The standard InChI is InChI=1S/C12H12O4/c13-9-2-1-7(11(15)5-9)3-8-4-10(14)6-12(8)16/h1-2,5,8,13,15H,3-4,6H2. The van der Waals surface area contributed by atoms with E-state index >= 15 is 0 Å². The molecule has 0 heterocycles. The van der Waals surface area contributed by atoms with Crippen molar-refractivity contribution in [3.63, 3.8) is 0 Å². The monoisotopic (exact) mass is 220 g/mol. The van der Waals surface area contributed by atoms with Gasteiger partial charge in [-0.2, -0.15) is 0 Å². The van der Waals surface area contributed by atoms with Crippen molar-refractivity contribution in [2.75, 3.05) is 0 Å². The minimum absolute atomic E-state index is 0.0174. The Morgan fingerprint density at radius 2 is 2.00 bits per heavy atom. The van der Waals surface area contributed by atoms with Gasteiger partial charge in [0.1, 0.15) is 23.1 Å². The topological polar surface area (TPSA) is 74.6 Å². The molecule has 1 atom stereocenters. The van der Waals surface area contributed by atoms with Crippen LogP contribution in [-0.2, 0) is 16.0 Å². The Morgan fingerprint density at radius 3 is 2.56 bits per heavy atom. The molecule has 0 spiro atoms. The maximum Gasteiger partial charge on any atom is 0.144 e. The SMILES string of the molecule is O=C1CC(=O)C(Cc2ccc(O)cc2O)C1. The summed E-state index contributed by atoms with van der Waals surface area (Å²) in [4.78, 5) is 22.5. The lowest BCUT2D eigenvalue weighted by molar-refractivity contribution is -0.122. The molecular weight excluding hydrogens is 208 g/mol. The summed E-state index contributed by atoms with van der Waals surface area (Å²) in [5.74, 6) is -0.462. The largest absolute Gasteiger partial charge is 0.508 e. The van der Waals surface area contributed by atoms with E-state index in [1.807, 2.05) is 0 Å². The molecule has 0 aliphatic heterocycles. The molecular formula is C12H12O4. The van der Waals surface area contributed by atoms with Crippen molar-refractivity contribution >= 4 is 11.6 Å². The van der Waals surface area contributed by atoms with Crippen LogP contribution in [0.15, 0.2) is 18.2 Å². The van der Waals surface area contributed by atoms with Crippen LogP contribution in [0.5, 0.6) is 11.5 Å². The second-order valence-electron chi connectivity index (χ2n) is 4.10. The van der Waals surface area contributed by atoms with Crippen molar-refractivity contribution in [3.05, 3.63) is 23.8 Å². The van der Waals surface area contributed by atoms with Crippen LogP contribution in [0.25, 0.3) is 0 Å². The number of rotatable bonds is 2. The van der Waals surface area contributed by atoms with Crippen LogP contribution in [-0.4, -0.2) is 21.8 Å². The Kier molecular flexibility index (Phi) is 2.64. The highest BCUT2D eigenvalue weighted by atomic mass is 16.3. The average Bonchev–Trinajstić information content (AvgIpc) is 2.50. The van der Waals surface area contributed by atoms with Crippen molar-refractivity contribution in [3.8, 4) is 11.5 Å². The third kappa shape index (κ3) is 2.05. The molecule has 4 heteroatoms. The summed E-state index contributed by atoms with van der Waals surface area (Å²) in [7, 11) is 0. The van der Waals surface area contributed by atoms with Gasteiger partial charge in [-0.15, -0.1) is 0 Å². The maximum atomic E-state index is 11.4. The molecule has 0 amide bonds. The minimum Gasteiger partial charge on any atom is -0.508 e. The Hall–Kier alpha value is -1.84. The molecule has 16 heavy (non-hydrogen) atoms. The fourth-order valence-electron chi connectivity index (χ4n) is 1.98. The summed E-state index contributed by atoms with van der Waals surface area (Å²) in [5.41, 5.74) is 0.589. The van der Waals surface area contributed by atoms with Crippen molar-refractivity contribution < 1.29 is 19.8 Å². The highest BCUT2D eigenvalue weighted by molar-refractivity contribution is 6.07. The van der Waals surface area contributed by atoms with Gasteiger partial charge in [0, 0.05) is 18.4 Å². The number of aromatic hydroxyl groups is 2. The smallest absolute Gasteiger partial charge is 0.144 e. The molecule has 1 saturated carbocycles. The highest BCUT2D eigenvalue weighted by Crippen LogP contribution is 2.29. The van der Waals surface area contributed by atoms with Gasteiger partial charge in [-0.25, -0.2) is 0 Å². The lowest BCUT2D eigenvalue weighted by Gasteiger charge is -2.08. The van der Waals surface area contributed by atoms with E-state index in [2.05, 4.69) is 0 Å². The number of phenolic OH excluding ortho intramolecular Hbond substituents is 2. The van der Waals surface area contributed by atoms with Crippen molar-refractivity contribution in [1.82, 2.24) is 0 Å². The zero-order chi connectivity index (χ0) is 11.7. The summed E-state index contributed by atoms with van der Waals surface area (Å²) in [5, 5.41) is 18.7. The fourth-order valence-corrected chi connectivity index (χ4v) is 1.98. The van der Waals surface area contributed by atoms with Crippen LogP contribution < -0.4 is 0 Å². The first-order valence-corrected chi connectivity index (χ1v) is 5.11. The third-order valence-corrected chi connectivity index (χ3v) is 2.84. The van der Waals surface area contributed by atoms with E-state index in [1.165, 1.54) is 12.1 Å². The molecule has 0 radical (unpaired) electrons. The van der Waals surface area contributed by atoms with E-state index in [9.17, 15) is 14.7 Å². The van der Waals surface area contributed by atoms with Crippen LogP contribution >= 0.6 is 0 Å². The van der Waals surface area contributed by atoms with Crippen molar-refractivity contribution in [1.29, 1.82) is 0 Å². The second kappa shape index (κ2) is 3.96. The molecule has 1 aliphatic carbocycles. The fraction of sp³-hybridized carbons (Fsp3) is 0.333. The van der Waals surface area contributed by atoms with Crippen LogP contribution in [0, 0.1) is 5.92 Å². The van der Waals surface area contributed by atoms with Gasteiger partial charge in [0.25, 0.3) is 0 Å². The number of phenols is 2. The summed E-state index contributed by atoms with van der Waals surface area (Å²) in [6.45, 7) is 0. The number of hydrogen-bond donors (Lipinski definition) is 2. The zero-order valence-corrected chi connectivity index (χ0v) is 8.64. The van der Waals surface area contributed by atoms with Crippen LogP contribution in [0.1, 0.15) is 18.4 Å². The number of ketones is 2. The Labute approximate surface area is 92.5 Å². The van der Waals surface area contributed by atoms with Gasteiger partial charge in [-0.1, -0.05) is 6.07 Å². The number of hydrogen-bond acceptors (Lipinski definition) is 4. The molecule has 84 valence electrons. The molecule has 1 aliphatic rings. The number of carbonyl (C=O) groups excluding carboxylic acids is 2. The molecule has 0 saturated heterocycles. The minimum atomic E-state index is -0.317. The molecule has 2 N–H and O–H groups in total. The van der Waals surface area contributed by atoms with Gasteiger partial charge in [-0.3, -0.25) is 9.59 Å². The molecule has 1 unspecified atom stereocenters. The highest BCUT2D eigenvalue weighted by Gasteiger charge is 2.31. The summed E-state index contributed by atoms with van der Waals surface area (Å²) in [6.07, 6.45) is 0.638. The Balaban J connectivity index is 2.15. The van der Waals surface area contributed by atoms with Gasteiger partial charge in [-0.05, 0) is 18.1 Å². The summed E-state index contributed by atoms with van der Waals surface area (Å²) in [6, 6.07) is 4.26. The molecule has 0 aromatic heterocycles. The third-order valence-electron chi connectivity index (χ3n) is 2.84. The van der Waals surface area contributed by atoms with E-state index < -0.39 is 0 Å². The van der Waals surface area contributed by atoms with E-state index in [4.69, 9.17) is 5.11 Å². The van der Waals surface area contributed by atoms with Gasteiger partial charge in [0.2, 0.25) is 0 Å². The van der Waals surface area contributed by atoms with Crippen LogP contribution in [0.3, 0.4) is 0 Å². The van der Waals surface area contributed by atoms with E-state index in [1.54, 1.807) is 6.07 Å². The predicted molar refractivity (Wildman–Crippen MR) is 56.2 cm³/mol. The maximum absolute atomic E-state index is 11.4. The first-order valence-electron chi connectivity index (χ1n) is 5.11. The van der Waals surface area contributed by atoms with E-state index in [0.717, 1.165) is 0 Å². The molecule has 1 aromatic carbocycles. The van der Waals surface area contributed by atoms with Crippen molar-refractivity contribution in [2.24, 2.45) is 5.92 Å². The molecule has 2 rings (SSSR count). The Morgan fingerprint density at radius 1 is 1.25 bits per heavy atom. The Bertz CT molecular complexity index is 450. The van der Waals surface area contributed by atoms with E-state index in [0.29, 0.717) is 12.0 Å². The van der Waals surface area contributed by atoms with Gasteiger partial charge >= 0.3 is 0 Å². The quantitative estimate of drug-likeness (QED) is 0.734. The first-order chi connectivity index (χ1) is 7.56. The molecule has 4 nitrogen and oxygen atoms in total. The molecule has 1 fully saturated rings. The van der Waals surface area contributed by atoms with Gasteiger partial charge < -0.3 is 10.2 Å². The summed E-state index contributed by atoms with van der Waals surface area (Å²) < 4.78 is 0. The average molecular weight is 220 g/mol. The van der Waals surface area contributed by atoms with E-state index in [-0.39, 0.29) is 41.8 Å². The normalized spacial score (nSPS) is 20.4.